The number of nitrogens with one attached hydrogen (secondary N) is 1. The Morgan fingerprint density at radius 3 is 2.85 bits per heavy atom. The first kappa shape index (κ1) is 13.9. The number of hydrogen-bond acceptors (Lipinski definition) is 4. The number of nitrogens with two attached hydrogens (primary N) is 1. The van der Waals surface area contributed by atoms with Crippen LogP contribution in [0.2, 0.25) is 0 Å². The maximum absolute atomic E-state index is 11.9. The Morgan fingerprint density at radius 2 is 2.20 bits per heavy atom. The van der Waals surface area contributed by atoms with Crippen molar-refractivity contribution in [1.82, 2.24) is 15.1 Å². The van der Waals surface area contributed by atoms with Crippen LogP contribution in [0.1, 0.15) is 16.1 Å². The van der Waals surface area contributed by atoms with E-state index in [1.165, 1.54) is 0 Å². The second-order valence-electron chi connectivity index (χ2n) is 4.41. The Labute approximate surface area is 117 Å². The number of carbonyl (C=O) groups excluding carboxylic acids is 1. The molecule has 0 bridgehead atoms. The van der Waals surface area contributed by atoms with Crippen molar-refractivity contribution in [3.05, 3.63) is 41.7 Å². The molecule has 0 aliphatic rings. The van der Waals surface area contributed by atoms with Crippen LogP contribution < -0.4 is 15.8 Å². The first-order valence-electron chi connectivity index (χ1n) is 6.33. The molecule has 0 saturated heterocycles. The van der Waals surface area contributed by atoms with Crippen molar-refractivity contribution in [2.75, 3.05) is 18.9 Å². The van der Waals surface area contributed by atoms with E-state index >= 15 is 0 Å². The highest BCUT2D eigenvalue weighted by molar-refractivity contribution is 5.94. The summed E-state index contributed by atoms with van der Waals surface area (Å²) in [6, 6.07) is 7.26. The Morgan fingerprint density at radius 1 is 1.45 bits per heavy atom. The second kappa shape index (κ2) is 6.10. The van der Waals surface area contributed by atoms with Crippen LogP contribution in [0.4, 0.5) is 5.69 Å². The van der Waals surface area contributed by atoms with E-state index in [1.807, 2.05) is 19.1 Å². The lowest BCUT2D eigenvalue weighted by Gasteiger charge is -2.09. The zero-order valence-electron chi connectivity index (χ0n) is 11.6. The van der Waals surface area contributed by atoms with E-state index in [-0.39, 0.29) is 5.91 Å². The van der Waals surface area contributed by atoms with E-state index in [0.717, 1.165) is 5.69 Å². The Kier molecular flexibility index (Phi) is 4.24. The molecule has 1 amide bonds. The minimum absolute atomic E-state index is 0.153. The van der Waals surface area contributed by atoms with Crippen molar-refractivity contribution in [2.24, 2.45) is 7.05 Å². The molecule has 20 heavy (non-hydrogen) atoms. The molecule has 6 heteroatoms. The largest absolute Gasteiger partial charge is 0.490 e. The average Bonchev–Trinajstić information content (AvgIpc) is 2.77. The molecule has 1 heterocycles. The highest BCUT2D eigenvalue weighted by Crippen LogP contribution is 2.19. The van der Waals surface area contributed by atoms with E-state index in [2.05, 4.69) is 10.4 Å². The van der Waals surface area contributed by atoms with Gasteiger partial charge in [-0.25, -0.2) is 0 Å². The van der Waals surface area contributed by atoms with Gasteiger partial charge in [0, 0.05) is 12.7 Å². The first-order chi connectivity index (χ1) is 9.59. The molecule has 3 N–H and O–H groups in total. The predicted molar refractivity (Wildman–Crippen MR) is 76.6 cm³/mol. The van der Waals surface area contributed by atoms with Gasteiger partial charge < -0.3 is 15.8 Å². The standard InChI is InChI=1S/C14H18N4O2/c1-10-11(9-17-18(10)2)14(19)16-7-8-20-13-6-4-3-5-12(13)15/h3-6,9H,7-8,15H2,1-2H3,(H,16,19). The molecule has 0 fully saturated rings. The quantitative estimate of drug-likeness (QED) is 0.632. The molecule has 0 aliphatic carbocycles. The van der Waals surface area contributed by atoms with Crippen molar-refractivity contribution in [1.29, 1.82) is 0 Å². The SMILES string of the molecule is Cc1c(C(=O)NCCOc2ccccc2N)cnn1C. The van der Waals surface area contributed by atoms with Crippen molar-refractivity contribution in [3.63, 3.8) is 0 Å². The first-order valence-corrected chi connectivity index (χ1v) is 6.33. The van der Waals surface area contributed by atoms with Gasteiger partial charge in [-0.1, -0.05) is 12.1 Å². The Hall–Kier alpha value is -2.50. The fourth-order valence-electron chi connectivity index (χ4n) is 1.75. The number of aromatic nitrogens is 2. The second-order valence-corrected chi connectivity index (χ2v) is 4.41. The maximum Gasteiger partial charge on any atom is 0.254 e. The summed E-state index contributed by atoms with van der Waals surface area (Å²) in [6.45, 7) is 2.61. The smallest absolute Gasteiger partial charge is 0.254 e. The lowest BCUT2D eigenvalue weighted by molar-refractivity contribution is 0.0946. The summed E-state index contributed by atoms with van der Waals surface area (Å²) in [4.78, 5) is 11.9. The minimum Gasteiger partial charge on any atom is -0.490 e. The van der Waals surface area contributed by atoms with Gasteiger partial charge in [0.25, 0.3) is 5.91 Å². The molecular weight excluding hydrogens is 256 g/mol. The molecule has 0 saturated carbocycles. The molecule has 106 valence electrons. The molecule has 0 unspecified atom stereocenters. The molecule has 0 radical (unpaired) electrons. The van der Waals surface area contributed by atoms with E-state index in [4.69, 9.17) is 10.5 Å². The molecular formula is C14H18N4O2. The number of rotatable bonds is 5. The number of carbonyl (C=O) groups is 1. The number of nitrogen functional groups attached to an aromatic ring is 1. The molecule has 6 nitrogen and oxygen atoms in total. The van der Waals surface area contributed by atoms with Gasteiger partial charge in [-0.15, -0.1) is 0 Å². The summed E-state index contributed by atoms with van der Waals surface area (Å²) >= 11 is 0. The third kappa shape index (κ3) is 3.09. The number of ether oxygens (including phenoxy) is 1. The third-order valence-corrected chi connectivity index (χ3v) is 3.04. The fraction of sp³-hybridized carbons (Fsp3) is 0.286. The van der Waals surface area contributed by atoms with Gasteiger partial charge in [-0.2, -0.15) is 5.10 Å². The number of amides is 1. The minimum atomic E-state index is -0.153. The number of hydrogen-bond donors (Lipinski definition) is 2. The summed E-state index contributed by atoms with van der Waals surface area (Å²) in [7, 11) is 1.80. The van der Waals surface area contributed by atoms with Gasteiger partial charge in [0.15, 0.2) is 0 Å². The van der Waals surface area contributed by atoms with E-state index in [1.54, 1.807) is 30.1 Å². The fourth-order valence-corrected chi connectivity index (χ4v) is 1.75. The summed E-state index contributed by atoms with van der Waals surface area (Å²) in [6.07, 6.45) is 1.56. The van der Waals surface area contributed by atoms with Gasteiger partial charge in [-0.05, 0) is 19.1 Å². The van der Waals surface area contributed by atoms with Crippen LogP contribution in [0.5, 0.6) is 5.75 Å². The van der Waals surface area contributed by atoms with Crippen LogP contribution in [0.15, 0.2) is 30.5 Å². The number of anilines is 1. The van der Waals surface area contributed by atoms with Crippen LogP contribution in [0, 0.1) is 6.92 Å². The van der Waals surface area contributed by atoms with Crippen LogP contribution in [-0.2, 0) is 7.05 Å². The summed E-state index contributed by atoms with van der Waals surface area (Å²) in [5, 5.41) is 6.82. The highest BCUT2D eigenvalue weighted by Gasteiger charge is 2.11. The molecule has 0 atom stereocenters. The molecule has 0 aliphatic heterocycles. The zero-order valence-corrected chi connectivity index (χ0v) is 11.6. The molecule has 2 aromatic rings. The topological polar surface area (TPSA) is 82.2 Å². The van der Waals surface area contributed by atoms with Crippen molar-refractivity contribution in [3.8, 4) is 5.75 Å². The monoisotopic (exact) mass is 274 g/mol. The number of benzene rings is 1. The van der Waals surface area contributed by atoms with E-state index in [9.17, 15) is 4.79 Å². The lowest BCUT2D eigenvalue weighted by Crippen LogP contribution is -2.28. The predicted octanol–water partition coefficient (Wildman–Crippen LogP) is 1.12. The number of aryl methyl sites for hydroxylation is 1. The third-order valence-electron chi connectivity index (χ3n) is 3.04. The van der Waals surface area contributed by atoms with Gasteiger partial charge in [-0.3, -0.25) is 9.48 Å². The average molecular weight is 274 g/mol. The van der Waals surface area contributed by atoms with Crippen molar-refractivity contribution in [2.45, 2.75) is 6.92 Å². The summed E-state index contributed by atoms with van der Waals surface area (Å²) < 4.78 is 7.16. The van der Waals surface area contributed by atoms with Crippen molar-refractivity contribution < 1.29 is 9.53 Å². The van der Waals surface area contributed by atoms with Crippen LogP contribution in [-0.4, -0.2) is 28.8 Å². The van der Waals surface area contributed by atoms with Gasteiger partial charge in [0.05, 0.1) is 24.0 Å². The lowest BCUT2D eigenvalue weighted by atomic mass is 10.2. The van der Waals surface area contributed by atoms with Crippen molar-refractivity contribution >= 4 is 11.6 Å². The van der Waals surface area contributed by atoms with Gasteiger partial charge in [0.1, 0.15) is 12.4 Å². The zero-order chi connectivity index (χ0) is 14.5. The maximum atomic E-state index is 11.9. The van der Waals surface area contributed by atoms with Crippen LogP contribution in [0.3, 0.4) is 0 Å². The Balaban J connectivity index is 1.81. The normalized spacial score (nSPS) is 10.3. The molecule has 1 aromatic carbocycles. The van der Waals surface area contributed by atoms with Gasteiger partial charge >= 0.3 is 0 Å². The molecule has 2 rings (SSSR count). The van der Waals surface area contributed by atoms with Crippen LogP contribution in [0.25, 0.3) is 0 Å². The van der Waals surface area contributed by atoms with E-state index in [0.29, 0.717) is 30.2 Å². The summed E-state index contributed by atoms with van der Waals surface area (Å²) in [5.41, 5.74) is 7.74. The number of nitrogens with zero attached hydrogens (tertiary/aromatic N) is 2. The highest BCUT2D eigenvalue weighted by atomic mass is 16.5. The molecule has 1 aromatic heterocycles. The Bertz CT molecular complexity index is 607. The van der Waals surface area contributed by atoms with Gasteiger partial charge in [0.2, 0.25) is 0 Å². The van der Waals surface area contributed by atoms with E-state index < -0.39 is 0 Å². The van der Waals surface area contributed by atoms with Crippen LogP contribution >= 0.6 is 0 Å². The molecule has 0 spiro atoms. The number of para-hydroxylation sites is 2. The summed E-state index contributed by atoms with van der Waals surface area (Å²) in [5.74, 6) is 0.472.